The number of piperazine rings is 1. The summed E-state index contributed by atoms with van der Waals surface area (Å²) in [5, 5.41) is 5.05. The van der Waals surface area contributed by atoms with Crippen LogP contribution in [0.15, 0.2) is 64.6 Å². The van der Waals surface area contributed by atoms with Crippen LogP contribution in [-0.4, -0.2) is 49.0 Å². The molecule has 33 heavy (non-hydrogen) atoms. The lowest BCUT2D eigenvalue weighted by Gasteiger charge is -2.33. The number of amides is 1. The second-order valence-corrected chi connectivity index (χ2v) is 9.09. The minimum atomic E-state index is -0.181. The molecule has 174 valence electrons. The number of aryl methyl sites for hydroxylation is 1. The monoisotopic (exact) mass is 462 g/mol. The number of nitrogens with one attached hydrogen (secondary N) is 1. The maximum absolute atomic E-state index is 12.7. The molecule has 1 amide bonds. The molecule has 1 fully saturated rings. The fraction of sp³-hybridized carbons (Fsp3) is 0.333. The van der Waals surface area contributed by atoms with Crippen molar-refractivity contribution < 1.29 is 4.79 Å². The first-order chi connectivity index (χ1) is 16.0. The molecule has 1 saturated heterocycles. The molecular formula is C27H34N4OS. The van der Waals surface area contributed by atoms with Crippen molar-refractivity contribution >= 4 is 35.6 Å². The first-order valence-electron chi connectivity index (χ1n) is 11.6. The Morgan fingerprint density at radius 2 is 1.79 bits per heavy atom. The molecule has 2 aromatic rings. The molecule has 5 nitrogen and oxygen atoms in total. The van der Waals surface area contributed by atoms with E-state index in [1.165, 1.54) is 11.8 Å². The third-order valence-electron chi connectivity index (χ3n) is 5.55. The second kappa shape index (κ2) is 11.9. The van der Waals surface area contributed by atoms with Gasteiger partial charge in [-0.15, -0.1) is 0 Å². The number of rotatable bonds is 5. The Balaban J connectivity index is 0.00000149. The first kappa shape index (κ1) is 24.8. The molecule has 1 aromatic carbocycles. The lowest BCUT2D eigenvalue weighted by atomic mass is 10.1. The average Bonchev–Trinajstić information content (AvgIpc) is 3.04. The Morgan fingerprint density at radius 3 is 2.48 bits per heavy atom. The zero-order valence-electron chi connectivity index (χ0n) is 20.1. The minimum absolute atomic E-state index is 0.181. The van der Waals surface area contributed by atoms with Crippen LogP contribution in [0.5, 0.6) is 0 Å². The number of thioether (sulfide) groups is 1. The van der Waals surface area contributed by atoms with Crippen LogP contribution in [0.1, 0.15) is 25.8 Å². The summed E-state index contributed by atoms with van der Waals surface area (Å²) in [5.74, 6) is 0.855. The second-order valence-electron chi connectivity index (χ2n) is 7.92. The highest BCUT2D eigenvalue weighted by atomic mass is 32.2. The molecule has 0 atom stereocenters. The smallest absolute Gasteiger partial charge is 0.261 e. The van der Waals surface area contributed by atoms with Gasteiger partial charge < -0.3 is 15.1 Å². The van der Waals surface area contributed by atoms with Crippen molar-refractivity contribution in [2.45, 2.75) is 32.1 Å². The zero-order chi connectivity index (χ0) is 23.8. The van der Waals surface area contributed by atoms with Gasteiger partial charge in [0.05, 0.1) is 10.3 Å². The number of hydrogen-bond donors (Lipinski definition) is 1. The van der Waals surface area contributed by atoms with Crippen LogP contribution < -0.4 is 20.8 Å². The molecule has 0 spiro atoms. The normalized spacial score (nSPS) is 15.5. The highest BCUT2D eigenvalue weighted by Crippen LogP contribution is 2.25. The zero-order valence-corrected chi connectivity index (χ0v) is 20.9. The minimum Gasteiger partial charge on any atom is -0.354 e. The van der Waals surface area contributed by atoms with Gasteiger partial charge in [-0.2, -0.15) is 0 Å². The maximum atomic E-state index is 12.7. The van der Waals surface area contributed by atoms with Crippen molar-refractivity contribution in [3.8, 4) is 0 Å². The average molecular weight is 463 g/mol. The number of likely N-dealkylation sites (N-methyl/N-ethyl adjacent to an activating group) is 1. The van der Waals surface area contributed by atoms with E-state index in [9.17, 15) is 4.79 Å². The maximum Gasteiger partial charge on any atom is 0.261 e. The van der Waals surface area contributed by atoms with Crippen molar-refractivity contribution in [1.82, 2.24) is 15.2 Å². The number of benzene rings is 1. The fourth-order valence-electron chi connectivity index (χ4n) is 3.71. The largest absolute Gasteiger partial charge is 0.354 e. The summed E-state index contributed by atoms with van der Waals surface area (Å²) in [5.41, 5.74) is 1.95. The molecular weight excluding hydrogens is 428 g/mol. The number of aromatic nitrogens is 1. The molecule has 1 aromatic heterocycles. The highest BCUT2D eigenvalue weighted by molar-refractivity contribution is 8.04. The predicted molar refractivity (Wildman–Crippen MR) is 140 cm³/mol. The van der Waals surface area contributed by atoms with Crippen molar-refractivity contribution in [1.29, 1.82) is 0 Å². The molecule has 1 aliphatic heterocycles. The Morgan fingerprint density at radius 1 is 1.09 bits per heavy atom. The SMILES string of the molecule is C=C(Sc1ccccc1)C(=O)NC1=CCC=c2nc(N3CCN(C)CC3)cc(C)c2=C1.CC. The number of carbonyl (C=O) groups is 1. The van der Waals surface area contributed by atoms with E-state index in [0.29, 0.717) is 4.91 Å². The van der Waals surface area contributed by atoms with Gasteiger partial charge in [-0.1, -0.05) is 62.5 Å². The molecule has 2 heterocycles. The van der Waals surface area contributed by atoms with Gasteiger partial charge in [0, 0.05) is 42.0 Å². The predicted octanol–water partition coefficient (Wildman–Crippen LogP) is 3.44. The molecule has 2 aliphatic rings. The van der Waals surface area contributed by atoms with Crippen molar-refractivity contribution in [3.05, 3.63) is 75.8 Å². The standard InChI is InChI=1S/C25H28N4OS.C2H6/c1-18-16-24(29-14-12-28(3)13-15-29)27-23-11-7-8-20(17-22(18)23)26-25(30)19(2)31-21-9-5-4-6-10-21;1-2/h4-6,8-11,16-17H,2,7,12-15H2,1,3H3,(H,26,30);1-2H3. The summed E-state index contributed by atoms with van der Waals surface area (Å²) in [6, 6.07) is 12.0. The molecule has 1 N–H and O–H groups in total. The number of hydrogen-bond acceptors (Lipinski definition) is 5. The third-order valence-corrected chi connectivity index (χ3v) is 6.49. The summed E-state index contributed by atoms with van der Waals surface area (Å²) in [7, 11) is 2.16. The lowest BCUT2D eigenvalue weighted by molar-refractivity contribution is -0.116. The molecule has 0 radical (unpaired) electrons. The molecule has 1 aliphatic carbocycles. The van der Waals surface area contributed by atoms with Gasteiger partial charge in [-0.05, 0) is 50.2 Å². The van der Waals surface area contributed by atoms with Crippen molar-refractivity contribution in [3.63, 3.8) is 0 Å². The van der Waals surface area contributed by atoms with Gasteiger partial charge in [0.15, 0.2) is 0 Å². The van der Waals surface area contributed by atoms with Crippen LogP contribution in [0.3, 0.4) is 0 Å². The van der Waals surface area contributed by atoms with E-state index in [1.807, 2.05) is 56.3 Å². The third kappa shape index (κ3) is 6.59. The molecule has 0 bridgehead atoms. The van der Waals surface area contributed by atoms with E-state index in [2.05, 4.69) is 47.8 Å². The van der Waals surface area contributed by atoms with Gasteiger partial charge in [0.25, 0.3) is 5.91 Å². The van der Waals surface area contributed by atoms with Gasteiger partial charge in [-0.25, -0.2) is 4.98 Å². The van der Waals surface area contributed by atoms with Crippen molar-refractivity contribution in [2.24, 2.45) is 0 Å². The van der Waals surface area contributed by atoms with Crippen LogP contribution in [0.2, 0.25) is 0 Å². The van der Waals surface area contributed by atoms with E-state index in [4.69, 9.17) is 4.98 Å². The summed E-state index contributed by atoms with van der Waals surface area (Å²) >= 11 is 1.38. The lowest BCUT2D eigenvalue weighted by Crippen LogP contribution is -2.46. The number of allylic oxidation sites excluding steroid dienone is 2. The molecule has 0 saturated carbocycles. The van der Waals surface area contributed by atoms with Gasteiger partial charge in [0.2, 0.25) is 0 Å². The number of nitrogens with zero attached hydrogens (tertiary/aromatic N) is 3. The molecule has 0 unspecified atom stereocenters. The Labute approximate surface area is 201 Å². The van der Waals surface area contributed by atoms with E-state index in [-0.39, 0.29) is 5.91 Å². The van der Waals surface area contributed by atoms with Crippen molar-refractivity contribution in [2.75, 3.05) is 38.1 Å². The van der Waals surface area contributed by atoms with Crippen LogP contribution in [0.25, 0.3) is 12.2 Å². The van der Waals surface area contributed by atoms with Gasteiger partial charge >= 0.3 is 0 Å². The fourth-order valence-corrected chi connectivity index (χ4v) is 4.43. The van der Waals surface area contributed by atoms with E-state index >= 15 is 0 Å². The van der Waals surface area contributed by atoms with E-state index in [1.54, 1.807) is 0 Å². The first-order valence-corrected chi connectivity index (χ1v) is 12.4. The Hall–Kier alpha value is -2.83. The quantitative estimate of drug-likeness (QED) is 0.545. The topological polar surface area (TPSA) is 48.5 Å². The van der Waals surface area contributed by atoms with Crippen LogP contribution in [0.4, 0.5) is 5.82 Å². The Bertz CT molecular complexity index is 1130. The molecule has 6 heteroatoms. The van der Waals surface area contributed by atoms with E-state index < -0.39 is 0 Å². The summed E-state index contributed by atoms with van der Waals surface area (Å²) in [6.45, 7) is 14.1. The number of pyridine rings is 1. The van der Waals surface area contributed by atoms with Gasteiger partial charge in [0.1, 0.15) is 5.82 Å². The van der Waals surface area contributed by atoms with Gasteiger partial charge in [-0.3, -0.25) is 4.79 Å². The highest BCUT2D eigenvalue weighted by Gasteiger charge is 2.16. The Kier molecular flexibility index (Phi) is 8.92. The summed E-state index contributed by atoms with van der Waals surface area (Å²) in [6.07, 6.45) is 6.89. The number of fused-ring (bicyclic) bond motifs is 1. The number of anilines is 1. The van der Waals surface area contributed by atoms with Crippen LogP contribution in [-0.2, 0) is 4.79 Å². The van der Waals surface area contributed by atoms with E-state index in [0.717, 1.165) is 65.1 Å². The van der Waals surface area contributed by atoms with Crippen LogP contribution in [0, 0.1) is 6.92 Å². The molecule has 4 rings (SSSR count). The number of carbonyl (C=O) groups excluding carboxylic acids is 1. The summed E-state index contributed by atoms with van der Waals surface area (Å²) in [4.78, 5) is 23.8. The summed E-state index contributed by atoms with van der Waals surface area (Å²) < 4.78 is 0. The van der Waals surface area contributed by atoms with Crippen LogP contribution >= 0.6 is 11.8 Å².